The van der Waals surface area contributed by atoms with Crippen molar-refractivity contribution < 1.29 is 28.5 Å². The van der Waals surface area contributed by atoms with E-state index < -0.39 is 5.97 Å². The molecular weight excluding hydrogens is 470 g/mol. The molecule has 1 aliphatic rings. The van der Waals surface area contributed by atoms with Gasteiger partial charge in [0, 0.05) is 5.56 Å². The Kier molecular flexibility index (Phi) is 7.90. The Bertz CT molecular complexity index is 1240. The Balaban J connectivity index is 1.46. The van der Waals surface area contributed by atoms with Gasteiger partial charge in [-0.05, 0) is 67.1 Å². The topological polar surface area (TPSA) is 75.6 Å². The van der Waals surface area contributed by atoms with Crippen LogP contribution in [0.2, 0.25) is 5.02 Å². The molecule has 8 heteroatoms. The standard InChI is InChI=1S/C27H24ClNO6/c1-3-32-24-17-18(16-23-27(30)35-26(29-23)19-7-5-4-6-8-19)15-22(28)25(24)34-14-13-33-21-11-9-20(31-2)10-12-21/h4-12,15-17H,3,13-14H2,1-2H3. The molecule has 1 aliphatic heterocycles. The highest BCUT2D eigenvalue weighted by atomic mass is 35.5. The smallest absolute Gasteiger partial charge is 0.363 e. The van der Waals surface area contributed by atoms with Gasteiger partial charge in [-0.2, -0.15) is 0 Å². The summed E-state index contributed by atoms with van der Waals surface area (Å²) in [4.78, 5) is 16.7. The van der Waals surface area contributed by atoms with Crippen LogP contribution >= 0.6 is 11.6 Å². The third-order valence-electron chi connectivity index (χ3n) is 4.93. The van der Waals surface area contributed by atoms with Crippen LogP contribution in [0.5, 0.6) is 23.0 Å². The molecule has 0 spiro atoms. The molecule has 0 aromatic heterocycles. The van der Waals surface area contributed by atoms with Crippen LogP contribution in [0.1, 0.15) is 18.1 Å². The van der Waals surface area contributed by atoms with Crippen LogP contribution in [0.25, 0.3) is 6.08 Å². The number of carbonyl (C=O) groups is 1. The molecule has 0 N–H and O–H groups in total. The van der Waals surface area contributed by atoms with E-state index in [-0.39, 0.29) is 18.2 Å². The van der Waals surface area contributed by atoms with E-state index in [1.165, 1.54) is 0 Å². The second-order valence-corrected chi connectivity index (χ2v) is 7.74. The van der Waals surface area contributed by atoms with Crippen LogP contribution in [0, 0.1) is 0 Å². The number of esters is 1. The average molecular weight is 494 g/mol. The van der Waals surface area contributed by atoms with Crippen molar-refractivity contribution >= 4 is 29.5 Å². The van der Waals surface area contributed by atoms with Gasteiger partial charge in [-0.25, -0.2) is 9.79 Å². The molecule has 0 bridgehead atoms. The van der Waals surface area contributed by atoms with Crippen molar-refractivity contribution in [3.05, 3.63) is 88.6 Å². The van der Waals surface area contributed by atoms with Crippen LogP contribution in [-0.2, 0) is 9.53 Å². The molecule has 3 aromatic rings. The lowest BCUT2D eigenvalue weighted by molar-refractivity contribution is -0.129. The summed E-state index contributed by atoms with van der Waals surface area (Å²) in [6.07, 6.45) is 1.60. The highest BCUT2D eigenvalue weighted by Gasteiger charge is 2.24. The second kappa shape index (κ2) is 11.4. The number of ether oxygens (including phenoxy) is 5. The van der Waals surface area contributed by atoms with Crippen LogP contribution in [0.4, 0.5) is 0 Å². The number of hydrogen-bond acceptors (Lipinski definition) is 7. The zero-order valence-electron chi connectivity index (χ0n) is 19.3. The quantitative estimate of drug-likeness (QED) is 0.209. The van der Waals surface area contributed by atoms with E-state index in [2.05, 4.69) is 4.99 Å². The van der Waals surface area contributed by atoms with Gasteiger partial charge in [-0.3, -0.25) is 0 Å². The molecule has 0 fully saturated rings. The molecule has 35 heavy (non-hydrogen) atoms. The van der Waals surface area contributed by atoms with Crippen molar-refractivity contribution in [1.29, 1.82) is 0 Å². The summed E-state index contributed by atoms with van der Waals surface area (Å²) >= 11 is 6.51. The van der Waals surface area contributed by atoms with Crippen molar-refractivity contribution in [1.82, 2.24) is 0 Å². The van der Waals surface area contributed by atoms with Gasteiger partial charge in [0.2, 0.25) is 5.90 Å². The number of cyclic esters (lactones) is 1. The summed E-state index contributed by atoms with van der Waals surface area (Å²) in [5, 5.41) is 0.339. The van der Waals surface area contributed by atoms with Gasteiger partial charge in [-0.1, -0.05) is 29.8 Å². The van der Waals surface area contributed by atoms with Crippen LogP contribution in [0.15, 0.2) is 77.4 Å². The monoisotopic (exact) mass is 493 g/mol. The zero-order chi connectivity index (χ0) is 24.6. The summed E-state index contributed by atoms with van der Waals surface area (Å²) in [5.74, 6) is 2.03. The first-order valence-corrected chi connectivity index (χ1v) is 11.4. The fourth-order valence-electron chi connectivity index (χ4n) is 3.32. The SMILES string of the molecule is CCOc1cc(C=C2N=C(c3ccccc3)OC2=O)cc(Cl)c1OCCOc1ccc(OC)cc1. The number of aliphatic imine (C=N–C) groups is 1. The van der Waals surface area contributed by atoms with Gasteiger partial charge in [-0.15, -0.1) is 0 Å². The van der Waals surface area contributed by atoms with E-state index in [4.69, 9.17) is 35.3 Å². The minimum atomic E-state index is -0.533. The average Bonchev–Trinajstić information content (AvgIpc) is 3.24. The third-order valence-corrected chi connectivity index (χ3v) is 5.21. The number of benzene rings is 3. The number of rotatable bonds is 10. The van der Waals surface area contributed by atoms with E-state index >= 15 is 0 Å². The van der Waals surface area contributed by atoms with Crippen molar-refractivity contribution in [2.24, 2.45) is 4.99 Å². The largest absolute Gasteiger partial charge is 0.497 e. The Hall–Kier alpha value is -3.97. The molecule has 1 heterocycles. The maximum Gasteiger partial charge on any atom is 0.363 e. The maximum absolute atomic E-state index is 12.3. The lowest BCUT2D eigenvalue weighted by Crippen LogP contribution is -2.10. The zero-order valence-corrected chi connectivity index (χ0v) is 20.1. The van der Waals surface area contributed by atoms with Crippen LogP contribution in [-0.4, -0.2) is 38.8 Å². The van der Waals surface area contributed by atoms with Crippen molar-refractivity contribution in [2.45, 2.75) is 6.92 Å². The highest BCUT2D eigenvalue weighted by molar-refractivity contribution is 6.32. The molecule has 0 unspecified atom stereocenters. The number of halogens is 1. The normalized spacial score (nSPS) is 13.9. The molecule has 0 saturated heterocycles. The molecule has 0 saturated carbocycles. The summed E-state index contributed by atoms with van der Waals surface area (Å²) in [6.45, 7) is 2.83. The first-order valence-electron chi connectivity index (χ1n) is 11.0. The van der Waals surface area contributed by atoms with Crippen molar-refractivity contribution in [2.75, 3.05) is 26.9 Å². The second-order valence-electron chi connectivity index (χ2n) is 7.34. The van der Waals surface area contributed by atoms with E-state index in [9.17, 15) is 4.79 Å². The van der Waals surface area contributed by atoms with Crippen LogP contribution < -0.4 is 18.9 Å². The minimum Gasteiger partial charge on any atom is -0.497 e. The van der Waals surface area contributed by atoms with Gasteiger partial charge < -0.3 is 23.7 Å². The molecule has 0 radical (unpaired) electrons. The highest BCUT2D eigenvalue weighted by Crippen LogP contribution is 2.37. The first-order chi connectivity index (χ1) is 17.1. The third kappa shape index (κ3) is 6.13. The van der Waals surface area contributed by atoms with Gasteiger partial charge in [0.05, 0.1) is 18.7 Å². The number of carbonyl (C=O) groups excluding carboxylic acids is 1. The number of nitrogens with zero attached hydrogens (tertiary/aromatic N) is 1. The van der Waals surface area contributed by atoms with E-state index in [1.54, 1.807) is 25.3 Å². The minimum absolute atomic E-state index is 0.170. The molecular formula is C27H24ClNO6. The predicted molar refractivity (Wildman–Crippen MR) is 134 cm³/mol. The van der Waals surface area contributed by atoms with Crippen molar-refractivity contribution in [3.63, 3.8) is 0 Å². The Morgan fingerprint density at radius 3 is 2.37 bits per heavy atom. The molecule has 0 amide bonds. The lowest BCUT2D eigenvalue weighted by Gasteiger charge is -2.15. The predicted octanol–water partition coefficient (Wildman–Crippen LogP) is 5.55. The first kappa shape index (κ1) is 24.2. The Morgan fingerprint density at radius 2 is 1.66 bits per heavy atom. The summed E-state index contributed by atoms with van der Waals surface area (Å²) < 4.78 is 27.7. The van der Waals surface area contributed by atoms with Gasteiger partial charge >= 0.3 is 5.97 Å². The van der Waals surface area contributed by atoms with Crippen molar-refractivity contribution in [3.8, 4) is 23.0 Å². The molecule has 3 aromatic carbocycles. The fourth-order valence-corrected chi connectivity index (χ4v) is 3.59. The fraction of sp³-hybridized carbons (Fsp3) is 0.185. The molecule has 0 aliphatic carbocycles. The molecule has 0 atom stereocenters. The van der Waals surface area contributed by atoms with E-state index in [1.807, 2.05) is 61.5 Å². The molecule has 7 nitrogen and oxygen atoms in total. The summed E-state index contributed by atoms with van der Waals surface area (Å²) in [5.41, 5.74) is 1.52. The van der Waals surface area contributed by atoms with Gasteiger partial charge in [0.15, 0.2) is 17.2 Å². The van der Waals surface area contributed by atoms with Crippen LogP contribution in [0.3, 0.4) is 0 Å². The van der Waals surface area contributed by atoms with Gasteiger partial charge in [0.25, 0.3) is 0 Å². The Morgan fingerprint density at radius 1 is 0.943 bits per heavy atom. The maximum atomic E-state index is 12.3. The van der Waals surface area contributed by atoms with E-state index in [0.29, 0.717) is 41.0 Å². The van der Waals surface area contributed by atoms with Gasteiger partial charge in [0.1, 0.15) is 24.7 Å². The number of hydrogen-bond donors (Lipinski definition) is 0. The summed E-state index contributed by atoms with van der Waals surface area (Å²) in [7, 11) is 1.61. The lowest BCUT2D eigenvalue weighted by atomic mass is 10.1. The van der Waals surface area contributed by atoms with E-state index in [0.717, 1.165) is 11.3 Å². The Labute approximate surface area is 208 Å². The summed E-state index contributed by atoms with van der Waals surface area (Å²) in [6, 6.07) is 19.9. The molecule has 180 valence electrons. The molecule has 4 rings (SSSR count). The number of methoxy groups -OCH3 is 1.